The maximum Gasteiger partial charge on any atom is 0.160 e. The molecule has 0 amide bonds. The van der Waals surface area contributed by atoms with Gasteiger partial charge in [-0.3, -0.25) is 0 Å². The van der Waals surface area contributed by atoms with Crippen LogP contribution in [0.5, 0.6) is 0 Å². The second kappa shape index (κ2) is 13.4. The van der Waals surface area contributed by atoms with E-state index in [9.17, 15) is 0 Å². The lowest BCUT2D eigenvalue weighted by Crippen LogP contribution is -2.25. The molecule has 2 aliphatic carbocycles. The van der Waals surface area contributed by atoms with Gasteiger partial charge >= 0.3 is 0 Å². The molecule has 62 heavy (non-hydrogen) atoms. The van der Waals surface area contributed by atoms with Gasteiger partial charge in [-0.2, -0.15) is 0 Å². The molecule has 0 aliphatic heterocycles. The molecular formula is C59H37N3. The Labute approximate surface area is 359 Å². The number of benzene rings is 9. The van der Waals surface area contributed by atoms with Gasteiger partial charge in [-0.05, 0) is 86.5 Å². The van der Waals surface area contributed by atoms with E-state index in [1.807, 2.05) is 6.07 Å². The van der Waals surface area contributed by atoms with Gasteiger partial charge in [0, 0.05) is 38.7 Å². The number of hydrogen-bond acceptors (Lipinski definition) is 2. The molecule has 0 unspecified atom stereocenters. The van der Waals surface area contributed by atoms with Gasteiger partial charge < -0.3 is 4.57 Å². The molecule has 0 fully saturated rings. The molecule has 0 saturated heterocycles. The highest BCUT2D eigenvalue weighted by Crippen LogP contribution is 2.64. The highest BCUT2D eigenvalue weighted by Gasteiger charge is 2.52. The summed E-state index contributed by atoms with van der Waals surface area (Å²) in [4.78, 5) is 10.4. The minimum atomic E-state index is -0.418. The molecule has 3 heteroatoms. The lowest BCUT2D eigenvalue weighted by molar-refractivity contribution is 0.794. The minimum Gasteiger partial charge on any atom is -0.309 e. The molecule has 288 valence electrons. The summed E-state index contributed by atoms with van der Waals surface area (Å²) in [5.74, 6) is 0.692. The SMILES string of the molecule is c1ccc(-c2ccc(-c3cc(-c4ccccc4)nc(-c4ccc(-n5c6ccccc6c6ccc7c(c65)-c5ccccc5C75c6ccccc6-c6ccccc65)cc4)n3)cc2)cc1. The fourth-order valence-electron chi connectivity index (χ4n) is 10.6. The van der Waals surface area contributed by atoms with E-state index in [0.29, 0.717) is 5.82 Å². The number of fused-ring (bicyclic) bond motifs is 14. The predicted molar refractivity (Wildman–Crippen MR) is 254 cm³/mol. The third kappa shape index (κ3) is 4.94. The Kier molecular flexibility index (Phi) is 7.52. The first kappa shape index (κ1) is 34.7. The van der Waals surface area contributed by atoms with Gasteiger partial charge in [0.15, 0.2) is 5.82 Å². The highest BCUT2D eigenvalue weighted by molar-refractivity contribution is 6.16. The molecule has 0 bridgehead atoms. The van der Waals surface area contributed by atoms with Crippen LogP contribution in [0.4, 0.5) is 0 Å². The zero-order valence-electron chi connectivity index (χ0n) is 33.7. The van der Waals surface area contributed by atoms with Gasteiger partial charge in [0.2, 0.25) is 0 Å². The van der Waals surface area contributed by atoms with Crippen LogP contribution >= 0.6 is 0 Å². The summed E-state index contributed by atoms with van der Waals surface area (Å²) >= 11 is 0. The quantitative estimate of drug-likeness (QED) is 0.174. The van der Waals surface area contributed by atoms with Crippen LogP contribution in [0.3, 0.4) is 0 Å². The van der Waals surface area contributed by atoms with E-state index >= 15 is 0 Å². The van der Waals surface area contributed by atoms with Crippen molar-refractivity contribution in [2.75, 3.05) is 0 Å². The van der Waals surface area contributed by atoms with Gasteiger partial charge in [-0.25, -0.2) is 9.97 Å². The molecule has 1 spiro atoms. The van der Waals surface area contributed by atoms with Crippen molar-refractivity contribution in [2.24, 2.45) is 0 Å². The van der Waals surface area contributed by atoms with Crippen molar-refractivity contribution in [3.05, 3.63) is 247 Å². The van der Waals surface area contributed by atoms with E-state index in [-0.39, 0.29) is 0 Å². The lowest BCUT2D eigenvalue weighted by Gasteiger charge is -2.30. The van der Waals surface area contributed by atoms with Crippen LogP contribution in [0.25, 0.3) is 94.8 Å². The maximum absolute atomic E-state index is 5.23. The van der Waals surface area contributed by atoms with Crippen LogP contribution in [0.2, 0.25) is 0 Å². The Morgan fingerprint density at radius 1 is 0.339 bits per heavy atom. The van der Waals surface area contributed by atoms with Gasteiger partial charge in [-0.15, -0.1) is 0 Å². The summed E-state index contributed by atoms with van der Waals surface area (Å²) in [6.45, 7) is 0. The van der Waals surface area contributed by atoms with Crippen molar-refractivity contribution in [1.29, 1.82) is 0 Å². The standard InChI is InChI=1S/C59H37N3/c1-3-15-38(16-4-1)39-27-29-41(30-28-39)54-37-53(40-17-5-2-6-18-40)60-58(61-54)42-31-33-43(34-32-42)62-55-26-14-10-21-46(55)47-35-36-52-56(57(47)62)48-22-9-13-25-51(48)59(52)49-23-11-7-19-44(49)45-20-8-12-24-50(45)59/h1-37H. The Bertz CT molecular complexity index is 3500. The van der Waals surface area contributed by atoms with Crippen LogP contribution < -0.4 is 0 Å². The average molecular weight is 788 g/mol. The fraction of sp³-hybridized carbons (Fsp3) is 0.0169. The fourth-order valence-corrected chi connectivity index (χ4v) is 10.6. The minimum absolute atomic E-state index is 0.418. The molecule has 2 aliphatic rings. The molecule has 13 rings (SSSR count). The van der Waals surface area contributed by atoms with Crippen molar-refractivity contribution in [3.63, 3.8) is 0 Å². The van der Waals surface area contributed by atoms with Crippen LogP contribution in [0, 0.1) is 0 Å². The normalized spacial score (nSPS) is 13.0. The Morgan fingerprint density at radius 3 is 1.48 bits per heavy atom. The molecule has 0 N–H and O–H groups in total. The van der Waals surface area contributed by atoms with E-state index in [0.717, 1.165) is 33.8 Å². The molecule has 3 nitrogen and oxygen atoms in total. The Balaban J connectivity index is 0.994. The number of hydrogen-bond donors (Lipinski definition) is 0. The largest absolute Gasteiger partial charge is 0.309 e. The number of nitrogens with zero attached hydrogens (tertiary/aromatic N) is 3. The summed E-state index contributed by atoms with van der Waals surface area (Å²) in [6.07, 6.45) is 0. The summed E-state index contributed by atoms with van der Waals surface area (Å²) in [7, 11) is 0. The molecule has 0 atom stereocenters. The molecule has 0 saturated carbocycles. The van der Waals surface area contributed by atoms with Crippen LogP contribution in [0.1, 0.15) is 22.3 Å². The molecule has 9 aromatic carbocycles. The smallest absolute Gasteiger partial charge is 0.160 e. The summed E-state index contributed by atoms with van der Waals surface area (Å²) < 4.78 is 2.48. The van der Waals surface area contributed by atoms with Crippen LogP contribution in [0.15, 0.2) is 224 Å². The van der Waals surface area contributed by atoms with Crippen molar-refractivity contribution in [2.45, 2.75) is 5.41 Å². The van der Waals surface area contributed by atoms with Crippen molar-refractivity contribution in [1.82, 2.24) is 14.5 Å². The van der Waals surface area contributed by atoms with Gasteiger partial charge in [0.1, 0.15) is 0 Å². The molecule has 2 aromatic heterocycles. The molecule has 0 radical (unpaired) electrons. The zero-order valence-corrected chi connectivity index (χ0v) is 33.7. The predicted octanol–water partition coefficient (Wildman–Crippen LogP) is 14.6. The Hall–Kier alpha value is -8.14. The second-order valence-corrected chi connectivity index (χ2v) is 16.4. The monoisotopic (exact) mass is 787 g/mol. The third-order valence-corrected chi connectivity index (χ3v) is 13.3. The van der Waals surface area contributed by atoms with Gasteiger partial charge in [0.05, 0.1) is 27.8 Å². The van der Waals surface area contributed by atoms with E-state index < -0.39 is 5.41 Å². The molecule has 11 aromatic rings. The first-order valence-electron chi connectivity index (χ1n) is 21.3. The molecular weight excluding hydrogens is 751 g/mol. The van der Waals surface area contributed by atoms with Gasteiger partial charge in [0.25, 0.3) is 0 Å². The third-order valence-electron chi connectivity index (χ3n) is 13.3. The number of rotatable bonds is 5. The van der Waals surface area contributed by atoms with Crippen molar-refractivity contribution in [3.8, 4) is 73.0 Å². The van der Waals surface area contributed by atoms with E-state index in [4.69, 9.17) is 9.97 Å². The van der Waals surface area contributed by atoms with Crippen LogP contribution in [-0.4, -0.2) is 14.5 Å². The zero-order chi connectivity index (χ0) is 40.8. The second-order valence-electron chi connectivity index (χ2n) is 16.4. The highest BCUT2D eigenvalue weighted by atomic mass is 15.0. The number of para-hydroxylation sites is 1. The van der Waals surface area contributed by atoms with Crippen molar-refractivity contribution < 1.29 is 0 Å². The summed E-state index contributed by atoms with van der Waals surface area (Å²) in [5, 5.41) is 2.48. The first-order valence-corrected chi connectivity index (χ1v) is 21.3. The van der Waals surface area contributed by atoms with Gasteiger partial charge in [-0.1, -0.05) is 188 Å². The maximum atomic E-state index is 5.23. The van der Waals surface area contributed by atoms with E-state index in [2.05, 4.69) is 223 Å². The Morgan fingerprint density at radius 2 is 0.823 bits per heavy atom. The lowest BCUT2D eigenvalue weighted by atomic mass is 9.70. The number of aromatic nitrogens is 3. The average Bonchev–Trinajstić information content (AvgIpc) is 3.96. The summed E-state index contributed by atoms with van der Waals surface area (Å²) in [6, 6.07) is 81.3. The first-order chi connectivity index (χ1) is 30.8. The topological polar surface area (TPSA) is 30.7 Å². The summed E-state index contributed by atoms with van der Waals surface area (Å²) in [5.41, 5.74) is 20.9. The van der Waals surface area contributed by atoms with E-state index in [1.54, 1.807) is 0 Å². The van der Waals surface area contributed by atoms with Crippen molar-refractivity contribution >= 4 is 21.8 Å². The molecule has 2 heterocycles. The van der Waals surface area contributed by atoms with Crippen LogP contribution in [-0.2, 0) is 5.41 Å². The van der Waals surface area contributed by atoms with E-state index in [1.165, 1.54) is 77.4 Å².